The first-order valence-electron chi connectivity index (χ1n) is 8.59. The van der Waals surface area contributed by atoms with Crippen LogP contribution in [0.5, 0.6) is 0 Å². The Labute approximate surface area is 131 Å². The van der Waals surface area contributed by atoms with Gasteiger partial charge in [-0.2, -0.15) is 0 Å². The minimum absolute atomic E-state index is 0.0139. The van der Waals surface area contributed by atoms with Gasteiger partial charge in [0.05, 0.1) is 6.04 Å². The number of carbonyl (C=O) groups excluding carboxylic acids is 1. The number of amides is 1. The molecule has 0 bridgehead atoms. The molecule has 1 atom stereocenters. The van der Waals surface area contributed by atoms with Crippen LogP contribution >= 0.6 is 0 Å². The van der Waals surface area contributed by atoms with Gasteiger partial charge in [0.1, 0.15) is 0 Å². The predicted octanol–water partition coefficient (Wildman–Crippen LogP) is 2.34. The molecule has 21 heavy (non-hydrogen) atoms. The van der Waals surface area contributed by atoms with Gasteiger partial charge in [0, 0.05) is 12.1 Å². The standard InChI is InChI=1S/C17H35N3O/c1-13(2)20(14(3)4)17(21)15(5)19-11-8-16(9-12-19)7-10-18-6/h13-16,18H,7-12H2,1-6H3. The average Bonchev–Trinajstić information content (AvgIpc) is 2.44. The summed E-state index contributed by atoms with van der Waals surface area (Å²) in [5.74, 6) is 1.11. The average molecular weight is 297 g/mol. The van der Waals surface area contributed by atoms with E-state index in [0.717, 1.165) is 25.6 Å². The second kappa shape index (κ2) is 8.74. The molecular weight excluding hydrogens is 262 g/mol. The first kappa shape index (κ1) is 18.4. The van der Waals surface area contributed by atoms with E-state index >= 15 is 0 Å². The van der Waals surface area contributed by atoms with Crippen molar-refractivity contribution in [3.63, 3.8) is 0 Å². The van der Waals surface area contributed by atoms with Crippen LogP contribution in [0.25, 0.3) is 0 Å². The van der Waals surface area contributed by atoms with Crippen molar-refractivity contribution in [2.45, 2.75) is 72.0 Å². The summed E-state index contributed by atoms with van der Waals surface area (Å²) in [6.45, 7) is 13.7. The van der Waals surface area contributed by atoms with Gasteiger partial charge in [0.15, 0.2) is 0 Å². The van der Waals surface area contributed by atoms with Gasteiger partial charge in [-0.1, -0.05) is 0 Å². The molecule has 124 valence electrons. The van der Waals surface area contributed by atoms with Gasteiger partial charge in [0.2, 0.25) is 5.91 Å². The molecule has 4 nitrogen and oxygen atoms in total. The molecule has 1 saturated heterocycles. The van der Waals surface area contributed by atoms with Crippen molar-refractivity contribution in [1.29, 1.82) is 0 Å². The molecule has 1 unspecified atom stereocenters. The molecule has 0 aromatic heterocycles. The Morgan fingerprint density at radius 3 is 2.10 bits per heavy atom. The Balaban J connectivity index is 2.52. The van der Waals surface area contributed by atoms with E-state index in [9.17, 15) is 4.79 Å². The number of hydrogen-bond acceptors (Lipinski definition) is 3. The van der Waals surface area contributed by atoms with E-state index in [-0.39, 0.29) is 24.0 Å². The molecule has 1 rings (SSSR count). The molecule has 0 aliphatic carbocycles. The third-order valence-electron chi connectivity index (χ3n) is 4.72. The van der Waals surface area contributed by atoms with Crippen molar-refractivity contribution < 1.29 is 4.79 Å². The Morgan fingerprint density at radius 1 is 1.14 bits per heavy atom. The Hall–Kier alpha value is -0.610. The van der Waals surface area contributed by atoms with Crippen molar-refractivity contribution >= 4 is 5.91 Å². The smallest absolute Gasteiger partial charge is 0.240 e. The summed E-state index contributed by atoms with van der Waals surface area (Å²) >= 11 is 0. The van der Waals surface area contributed by atoms with E-state index in [1.54, 1.807) is 0 Å². The fourth-order valence-corrected chi connectivity index (χ4v) is 3.45. The van der Waals surface area contributed by atoms with Crippen LogP contribution in [0.1, 0.15) is 53.9 Å². The number of carbonyl (C=O) groups is 1. The second-order valence-electron chi connectivity index (χ2n) is 6.98. The van der Waals surface area contributed by atoms with Gasteiger partial charge in [-0.25, -0.2) is 0 Å². The van der Waals surface area contributed by atoms with Crippen molar-refractivity contribution in [1.82, 2.24) is 15.1 Å². The third kappa shape index (κ3) is 5.26. The summed E-state index contributed by atoms with van der Waals surface area (Å²) in [6, 6.07) is 0.557. The molecular formula is C17H35N3O. The molecule has 1 amide bonds. The van der Waals surface area contributed by atoms with E-state index < -0.39 is 0 Å². The lowest BCUT2D eigenvalue weighted by atomic mass is 9.92. The molecule has 0 spiro atoms. The number of likely N-dealkylation sites (tertiary alicyclic amines) is 1. The summed E-state index contributed by atoms with van der Waals surface area (Å²) in [5, 5.41) is 3.23. The maximum absolute atomic E-state index is 12.8. The van der Waals surface area contributed by atoms with E-state index in [1.807, 2.05) is 11.9 Å². The van der Waals surface area contributed by atoms with Crippen LogP contribution in [0, 0.1) is 5.92 Å². The van der Waals surface area contributed by atoms with E-state index in [2.05, 4.69) is 44.8 Å². The highest BCUT2D eigenvalue weighted by molar-refractivity contribution is 5.82. The van der Waals surface area contributed by atoms with Crippen molar-refractivity contribution in [2.75, 3.05) is 26.7 Å². The lowest BCUT2D eigenvalue weighted by Gasteiger charge is -2.40. The minimum atomic E-state index is 0.0139. The highest BCUT2D eigenvalue weighted by Gasteiger charge is 2.31. The quantitative estimate of drug-likeness (QED) is 0.783. The van der Waals surface area contributed by atoms with Gasteiger partial charge in [-0.05, 0) is 86.5 Å². The fraction of sp³-hybridized carbons (Fsp3) is 0.941. The molecule has 4 heteroatoms. The normalized spacial score (nSPS) is 19.2. The lowest BCUT2D eigenvalue weighted by molar-refractivity contribution is -0.140. The highest BCUT2D eigenvalue weighted by Crippen LogP contribution is 2.22. The number of rotatable bonds is 7. The molecule has 0 radical (unpaired) electrons. The first-order valence-corrected chi connectivity index (χ1v) is 8.59. The van der Waals surface area contributed by atoms with Gasteiger partial charge < -0.3 is 10.2 Å². The molecule has 0 aromatic rings. The molecule has 1 aliphatic heterocycles. The van der Waals surface area contributed by atoms with Gasteiger partial charge in [-0.15, -0.1) is 0 Å². The third-order valence-corrected chi connectivity index (χ3v) is 4.72. The zero-order valence-corrected chi connectivity index (χ0v) is 14.9. The summed E-state index contributed by atoms with van der Waals surface area (Å²) in [5.41, 5.74) is 0. The summed E-state index contributed by atoms with van der Waals surface area (Å²) < 4.78 is 0. The Bertz CT molecular complexity index is 301. The van der Waals surface area contributed by atoms with Crippen LogP contribution in [0.2, 0.25) is 0 Å². The lowest BCUT2D eigenvalue weighted by Crippen LogP contribution is -2.53. The van der Waals surface area contributed by atoms with Gasteiger partial charge in [0.25, 0.3) is 0 Å². The summed E-state index contributed by atoms with van der Waals surface area (Å²) in [4.78, 5) is 17.1. The van der Waals surface area contributed by atoms with Crippen LogP contribution < -0.4 is 5.32 Å². The van der Waals surface area contributed by atoms with Crippen molar-refractivity contribution in [3.05, 3.63) is 0 Å². The number of piperidine rings is 1. The Morgan fingerprint density at radius 2 is 1.67 bits per heavy atom. The molecule has 0 aromatic carbocycles. The number of nitrogens with one attached hydrogen (secondary N) is 1. The zero-order chi connectivity index (χ0) is 16.0. The van der Waals surface area contributed by atoms with Crippen LogP contribution in [0.3, 0.4) is 0 Å². The first-order chi connectivity index (χ1) is 9.88. The number of nitrogens with zero attached hydrogens (tertiary/aromatic N) is 2. The van der Waals surface area contributed by atoms with Crippen molar-refractivity contribution in [2.24, 2.45) is 5.92 Å². The van der Waals surface area contributed by atoms with Crippen molar-refractivity contribution in [3.8, 4) is 0 Å². The predicted molar refractivity (Wildman–Crippen MR) is 89.4 cm³/mol. The van der Waals surface area contributed by atoms with E-state index in [0.29, 0.717) is 0 Å². The molecule has 0 saturated carbocycles. The molecule has 1 heterocycles. The van der Waals surface area contributed by atoms with Crippen LogP contribution in [0.15, 0.2) is 0 Å². The zero-order valence-electron chi connectivity index (χ0n) is 14.9. The van der Waals surface area contributed by atoms with Crippen LogP contribution in [0.4, 0.5) is 0 Å². The summed E-state index contributed by atoms with van der Waals surface area (Å²) in [6.07, 6.45) is 3.71. The summed E-state index contributed by atoms with van der Waals surface area (Å²) in [7, 11) is 2.02. The highest BCUT2D eigenvalue weighted by atomic mass is 16.2. The number of hydrogen-bond donors (Lipinski definition) is 1. The topological polar surface area (TPSA) is 35.6 Å². The Kier molecular flexibility index (Phi) is 7.67. The minimum Gasteiger partial charge on any atom is -0.336 e. The maximum Gasteiger partial charge on any atom is 0.240 e. The SMILES string of the molecule is CNCCC1CCN(C(C)C(=O)N(C(C)C)C(C)C)CC1. The largest absolute Gasteiger partial charge is 0.336 e. The molecule has 1 fully saturated rings. The molecule has 1 aliphatic rings. The van der Waals surface area contributed by atoms with Crippen LogP contribution in [-0.4, -0.2) is 60.5 Å². The van der Waals surface area contributed by atoms with Crippen LogP contribution in [-0.2, 0) is 4.79 Å². The van der Waals surface area contributed by atoms with E-state index in [4.69, 9.17) is 0 Å². The maximum atomic E-state index is 12.8. The second-order valence-corrected chi connectivity index (χ2v) is 6.98. The molecule has 1 N–H and O–H groups in total. The van der Waals surface area contributed by atoms with E-state index in [1.165, 1.54) is 19.3 Å². The fourth-order valence-electron chi connectivity index (χ4n) is 3.45. The monoisotopic (exact) mass is 297 g/mol. The van der Waals surface area contributed by atoms with Gasteiger partial charge in [-0.3, -0.25) is 9.69 Å². The van der Waals surface area contributed by atoms with Gasteiger partial charge >= 0.3 is 0 Å².